The van der Waals surface area contributed by atoms with Gasteiger partial charge in [0.15, 0.2) is 0 Å². The number of aromatic nitrogens is 2. The number of hydrogen-bond acceptors (Lipinski definition) is 3. The summed E-state index contributed by atoms with van der Waals surface area (Å²) in [5, 5.41) is 32.2. The molecule has 0 spiro atoms. The van der Waals surface area contributed by atoms with E-state index >= 15 is 0 Å². The van der Waals surface area contributed by atoms with E-state index in [1.54, 1.807) is 28.8 Å². The van der Waals surface area contributed by atoms with Crippen molar-refractivity contribution in [2.75, 3.05) is 0 Å². The molecule has 7 aromatic rings. The summed E-state index contributed by atoms with van der Waals surface area (Å²) in [6.45, 7) is 0. The highest BCUT2D eigenvalue weighted by atomic mass is 19.4. The van der Waals surface area contributed by atoms with Crippen molar-refractivity contribution in [2.24, 2.45) is 0 Å². The van der Waals surface area contributed by atoms with Crippen LogP contribution in [0.25, 0.3) is 55.0 Å². The standard InChI is InChI=1S/C34H16F3N5/c35-34(36,37)27-9-5-6-22(19-40)32(27)42-28-10-3-1-7-24(28)25-12-13-30-31(33(25)42)26-8-2-4-11-29(26)41(30)23-15-20(17-38)14-21(16-23)18-39/h1-16H. The van der Waals surface area contributed by atoms with Gasteiger partial charge in [-0.3, -0.25) is 0 Å². The van der Waals surface area contributed by atoms with E-state index < -0.39 is 11.7 Å². The molecule has 0 fully saturated rings. The number of nitriles is 3. The number of alkyl halides is 3. The third-order valence-corrected chi connectivity index (χ3v) is 7.59. The van der Waals surface area contributed by atoms with E-state index in [0.29, 0.717) is 38.8 Å². The molecule has 0 aliphatic carbocycles. The molecule has 0 aliphatic rings. The summed E-state index contributed by atoms with van der Waals surface area (Å²) in [6, 6.07) is 33.2. The van der Waals surface area contributed by atoms with Crippen molar-refractivity contribution in [2.45, 2.75) is 6.18 Å². The average molecular weight is 552 g/mol. The zero-order valence-electron chi connectivity index (χ0n) is 21.6. The van der Waals surface area contributed by atoms with Gasteiger partial charge in [-0.15, -0.1) is 0 Å². The summed E-state index contributed by atoms with van der Waals surface area (Å²) >= 11 is 0. The molecular weight excluding hydrogens is 535 g/mol. The monoisotopic (exact) mass is 551 g/mol. The van der Waals surface area contributed by atoms with Crippen molar-refractivity contribution in [3.8, 4) is 29.6 Å². The maximum Gasteiger partial charge on any atom is 0.418 e. The predicted molar refractivity (Wildman–Crippen MR) is 154 cm³/mol. The van der Waals surface area contributed by atoms with E-state index in [9.17, 15) is 29.0 Å². The second-order valence-electron chi connectivity index (χ2n) is 9.86. The molecule has 5 nitrogen and oxygen atoms in total. The summed E-state index contributed by atoms with van der Waals surface area (Å²) in [4.78, 5) is 0. The van der Waals surface area contributed by atoms with Crippen molar-refractivity contribution >= 4 is 43.6 Å². The van der Waals surface area contributed by atoms with Crippen LogP contribution in [0.2, 0.25) is 0 Å². The SMILES string of the molecule is N#Cc1cc(C#N)cc(-n2c3ccccc3c3c2ccc2c4ccccc4n(-c4c(C#N)cccc4C(F)(F)F)c23)c1. The van der Waals surface area contributed by atoms with Gasteiger partial charge in [0.05, 0.1) is 62.1 Å². The number of benzene rings is 5. The molecule has 2 aromatic heterocycles. The molecule has 8 heteroatoms. The van der Waals surface area contributed by atoms with Crippen LogP contribution in [0.15, 0.2) is 97.1 Å². The highest BCUT2D eigenvalue weighted by Crippen LogP contribution is 2.44. The fourth-order valence-corrected chi connectivity index (χ4v) is 5.99. The fourth-order valence-electron chi connectivity index (χ4n) is 5.99. The highest BCUT2D eigenvalue weighted by Gasteiger charge is 2.36. The van der Waals surface area contributed by atoms with Crippen molar-refractivity contribution in [1.29, 1.82) is 15.8 Å². The molecule has 5 aromatic carbocycles. The Morgan fingerprint density at radius 1 is 0.571 bits per heavy atom. The van der Waals surface area contributed by atoms with Gasteiger partial charge in [-0.05, 0) is 48.5 Å². The van der Waals surface area contributed by atoms with E-state index in [1.807, 2.05) is 59.2 Å². The first kappa shape index (κ1) is 25.0. The summed E-state index contributed by atoms with van der Waals surface area (Å²) in [6.07, 6.45) is -4.72. The zero-order chi connectivity index (χ0) is 29.2. The van der Waals surface area contributed by atoms with E-state index in [4.69, 9.17) is 0 Å². The molecule has 2 heterocycles. The Morgan fingerprint density at radius 3 is 1.86 bits per heavy atom. The van der Waals surface area contributed by atoms with Crippen molar-refractivity contribution in [3.63, 3.8) is 0 Å². The van der Waals surface area contributed by atoms with Gasteiger partial charge in [0.1, 0.15) is 6.07 Å². The Kier molecular flexibility index (Phi) is 5.34. The highest BCUT2D eigenvalue weighted by molar-refractivity contribution is 6.26. The molecule has 0 saturated carbocycles. The van der Waals surface area contributed by atoms with Crippen LogP contribution >= 0.6 is 0 Å². The minimum Gasteiger partial charge on any atom is -0.309 e. The van der Waals surface area contributed by atoms with Gasteiger partial charge >= 0.3 is 6.18 Å². The number of nitrogens with zero attached hydrogens (tertiary/aromatic N) is 5. The number of halogens is 3. The molecule has 198 valence electrons. The molecule has 0 atom stereocenters. The number of hydrogen-bond donors (Lipinski definition) is 0. The first-order valence-corrected chi connectivity index (χ1v) is 12.9. The van der Waals surface area contributed by atoms with Gasteiger partial charge < -0.3 is 9.13 Å². The van der Waals surface area contributed by atoms with Crippen LogP contribution in [-0.4, -0.2) is 9.13 Å². The van der Waals surface area contributed by atoms with Crippen molar-refractivity contribution in [1.82, 2.24) is 9.13 Å². The molecular formula is C34H16F3N5. The Bertz CT molecular complexity index is 2360. The predicted octanol–water partition coefficient (Wildman–Crippen LogP) is 8.51. The molecule has 0 radical (unpaired) electrons. The minimum atomic E-state index is -4.72. The van der Waals surface area contributed by atoms with E-state index in [1.165, 1.54) is 18.2 Å². The van der Waals surface area contributed by atoms with Crippen molar-refractivity contribution in [3.05, 3.63) is 119 Å². The molecule has 0 N–H and O–H groups in total. The van der Waals surface area contributed by atoms with Crippen LogP contribution in [0.3, 0.4) is 0 Å². The van der Waals surface area contributed by atoms with Crippen LogP contribution < -0.4 is 0 Å². The maximum atomic E-state index is 14.5. The van der Waals surface area contributed by atoms with Gasteiger partial charge in [-0.25, -0.2) is 0 Å². The number of fused-ring (bicyclic) bond motifs is 7. The lowest BCUT2D eigenvalue weighted by Gasteiger charge is -2.17. The molecule has 0 aliphatic heterocycles. The Balaban J connectivity index is 1.75. The van der Waals surface area contributed by atoms with Gasteiger partial charge in [-0.1, -0.05) is 48.5 Å². The van der Waals surface area contributed by atoms with Crippen LogP contribution in [0.1, 0.15) is 22.3 Å². The first-order chi connectivity index (χ1) is 20.4. The molecule has 0 unspecified atom stereocenters. The van der Waals surface area contributed by atoms with Gasteiger partial charge in [-0.2, -0.15) is 29.0 Å². The topological polar surface area (TPSA) is 81.2 Å². The largest absolute Gasteiger partial charge is 0.418 e. The second-order valence-corrected chi connectivity index (χ2v) is 9.86. The molecule has 0 bridgehead atoms. The van der Waals surface area contributed by atoms with E-state index in [-0.39, 0.29) is 11.3 Å². The Hall–Kier alpha value is -6.04. The summed E-state index contributed by atoms with van der Waals surface area (Å²) in [5.74, 6) is 0. The molecule has 7 rings (SSSR count). The lowest BCUT2D eigenvalue weighted by atomic mass is 10.1. The number of rotatable bonds is 2. The Labute approximate surface area is 236 Å². The second kappa shape index (κ2) is 8.99. The molecule has 42 heavy (non-hydrogen) atoms. The van der Waals surface area contributed by atoms with Crippen LogP contribution in [0, 0.1) is 34.0 Å². The average Bonchev–Trinajstić information content (AvgIpc) is 3.52. The molecule has 0 amide bonds. The van der Waals surface area contributed by atoms with Crippen LogP contribution in [-0.2, 0) is 6.18 Å². The van der Waals surface area contributed by atoms with Gasteiger partial charge in [0, 0.05) is 27.2 Å². The van der Waals surface area contributed by atoms with Gasteiger partial charge in [0.2, 0.25) is 0 Å². The third-order valence-electron chi connectivity index (χ3n) is 7.59. The van der Waals surface area contributed by atoms with E-state index in [0.717, 1.165) is 27.7 Å². The van der Waals surface area contributed by atoms with Gasteiger partial charge in [0.25, 0.3) is 0 Å². The number of para-hydroxylation sites is 3. The maximum absolute atomic E-state index is 14.5. The van der Waals surface area contributed by atoms with Crippen LogP contribution in [0.4, 0.5) is 13.2 Å². The minimum absolute atomic E-state index is 0.103. The smallest absolute Gasteiger partial charge is 0.309 e. The summed E-state index contributed by atoms with van der Waals surface area (Å²) in [7, 11) is 0. The van der Waals surface area contributed by atoms with E-state index in [2.05, 4.69) is 12.1 Å². The summed E-state index contributed by atoms with van der Waals surface area (Å²) in [5.41, 5.74) is 2.42. The first-order valence-electron chi connectivity index (χ1n) is 12.9. The lowest BCUT2D eigenvalue weighted by molar-refractivity contribution is -0.137. The Morgan fingerprint density at radius 2 is 1.21 bits per heavy atom. The lowest BCUT2D eigenvalue weighted by Crippen LogP contribution is -2.12. The fraction of sp³-hybridized carbons (Fsp3) is 0.0294. The quantitative estimate of drug-likeness (QED) is 0.216. The molecule has 0 saturated heterocycles. The summed E-state index contributed by atoms with van der Waals surface area (Å²) < 4.78 is 47.0. The van der Waals surface area contributed by atoms with Crippen LogP contribution in [0.5, 0.6) is 0 Å². The van der Waals surface area contributed by atoms with Crippen molar-refractivity contribution < 1.29 is 13.2 Å². The zero-order valence-corrected chi connectivity index (χ0v) is 21.6. The normalized spacial score (nSPS) is 11.6. The third kappa shape index (κ3) is 3.48.